The fourth-order valence-electron chi connectivity index (χ4n) is 3.83. The Hall–Kier alpha value is -1.70. The van der Waals surface area contributed by atoms with Gasteiger partial charge in [-0.15, -0.1) is 11.3 Å². The van der Waals surface area contributed by atoms with Crippen LogP contribution in [-0.2, 0) is 11.3 Å². The predicted molar refractivity (Wildman–Crippen MR) is 96.7 cm³/mol. The second-order valence-electron chi connectivity index (χ2n) is 6.99. The van der Waals surface area contributed by atoms with Crippen LogP contribution in [0.25, 0.3) is 0 Å². The second kappa shape index (κ2) is 6.90. The molecule has 1 spiro atoms. The minimum absolute atomic E-state index is 0.113. The quantitative estimate of drug-likeness (QED) is 0.912. The molecule has 2 aliphatic rings. The number of morpholine rings is 1. The molecule has 4 rings (SSSR count). The van der Waals surface area contributed by atoms with Crippen LogP contribution in [0.1, 0.15) is 33.9 Å². The summed E-state index contributed by atoms with van der Waals surface area (Å²) in [4.78, 5) is 24.4. The van der Waals surface area contributed by atoms with E-state index < -0.39 is 0 Å². The maximum atomic E-state index is 12.5. The number of hydrogen-bond acceptors (Lipinski definition) is 5. The smallest absolute Gasteiger partial charge is 0.255 e. The highest BCUT2D eigenvalue weighted by atomic mass is 32.1. The van der Waals surface area contributed by atoms with Gasteiger partial charge in [0.15, 0.2) is 0 Å². The zero-order valence-corrected chi connectivity index (χ0v) is 15.3. The van der Waals surface area contributed by atoms with Crippen molar-refractivity contribution in [3.05, 3.63) is 40.1 Å². The largest absolute Gasteiger partial charge is 0.372 e. The SMILES string of the molecule is Cc1nc(CN2CCOC3(CCN(C(=O)c4cc[nH]c4)CC3)C2)cs1. The van der Waals surface area contributed by atoms with Crippen LogP contribution in [0.5, 0.6) is 0 Å². The summed E-state index contributed by atoms with van der Waals surface area (Å²) in [6.45, 7) is 7.09. The summed E-state index contributed by atoms with van der Waals surface area (Å²) in [5.41, 5.74) is 1.78. The molecule has 0 aromatic carbocycles. The van der Waals surface area contributed by atoms with E-state index in [0.717, 1.165) is 68.4 Å². The van der Waals surface area contributed by atoms with E-state index in [-0.39, 0.29) is 11.5 Å². The molecule has 0 atom stereocenters. The van der Waals surface area contributed by atoms with Crippen LogP contribution in [0.15, 0.2) is 23.8 Å². The van der Waals surface area contributed by atoms with Gasteiger partial charge in [-0.25, -0.2) is 4.98 Å². The van der Waals surface area contributed by atoms with E-state index in [2.05, 4.69) is 20.2 Å². The highest BCUT2D eigenvalue weighted by molar-refractivity contribution is 7.09. The first-order valence-corrected chi connectivity index (χ1v) is 9.71. The highest BCUT2D eigenvalue weighted by Crippen LogP contribution is 2.31. The molecule has 2 aromatic rings. The van der Waals surface area contributed by atoms with Crippen molar-refractivity contribution in [2.75, 3.05) is 32.8 Å². The number of piperidine rings is 1. The monoisotopic (exact) mass is 360 g/mol. The molecular formula is C18H24N4O2S. The van der Waals surface area contributed by atoms with E-state index in [1.165, 1.54) is 0 Å². The lowest BCUT2D eigenvalue weighted by Gasteiger charge is -2.47. The Morgan fingerprint density at radius 3 is 2.92 bits per heavy atom. The van der Waals surface area contributed by atoms with Crippen molar-refractivity contribution in [3.8, 4) is 0 Å². The maximum Gasteiger partial charge on any atom is 0.255 e. The summed E-state index contributed by atoms with van der Waals surface area (Å²) in [6, 6.07) is 1.83. The van der Waals surface area contributed by atoms with Crippen LogP contribution in [-0.4, -0.2) is 64.1 Å². The molecule has 2 aliphatic heterocycles. The molecule has 2 fully saturated rings. The topological polar surface area (TPSA) is 61.5 Å². The third-order valence-electron chi connectivity index (χ3n) is 5.19. The molecule has 0 aliphatic carbocycles. The van der Waals surface area contributed by atoms with Crippen molar-refractivity contribution in [1.29, 1.82) is 0 Å². The number of aromatic amines is 1. The van der Waals surface area contributed by atoms with Crippen LogP contribution >= 0.6 is 11.3 Å². The predicted octanol–water partition coefficient (Wildman–Crippen LogP) is 2.29. The number of nitrogens with one attached hydrogen (secondary N) is 1. The van der Waals surface area contributed by atoms with Crippen molar-refractivity contribution in [3.63, 3.8) is 0 Å². The van der Waals surface area contributed by atoms with E-state index in [4.69, 9.17) is 4.74 Å². The average Bonchev–Trinajstić information content (AvgIpc) is 3.27. The van der Waals surface area contributed by atoms with E-state index in [1.54, 1.807) is 23.7 Å². The molecule has 2 aromatic heterocycles. The third kappa shape index (κ3) is 3.63. The van der Waals surface area contributed by atoms with E-state index in [9.17, 15) is 4.79 Å². The molecule has 4 heterocycles. The van der Waals surface area contributed by atoms with Crippen molar-refractivity contribution < 1.29 is 9.53 Å². The number of likely N-dealkylation sites (tertiary alicyclic amines) is 1. The molecule has 2 saturated heterocycles. The zero-order valence-electron chi connectivity index (χ0n) is 14.5. The molecule has 1 N–H and O–H groups in total. The molecule has 0 saturated carbocycles. The van der Waals surface area contributed by atoms with Gasteiger partial charge in [-0.3, -0.25) is 9.69 Å². The zero-order chi connectivity index (χ0) is 17.3. The highest BCUT2D eigenvalue weighted by Gasteiger charge is 2.40. The minimum Gasteiger partial charge on any atom is -0.372 e. The number of H-pyrrole nitrogens is 1. The summed E-state index contributed by atoms with van der Waals surface area (Å²) >= 11 is 1.71. The van der Waals surface area contributed by atoms with Gasteiger partial charge in [0, 0.05) is 50.5 Å². The fraction of sp³-hybridized carbons (Fsp3) is 0.556. The fourth-order valence-corrected chi connectivity index (χ4v) is 4.43. The Labute approximate surface area is 151 Å². The summed E-state index contributed by atoms with van der Waals surface area (Å²) in [5, 5.41) is 3.27. The minimum atomic E-state index is -0.113. The first-order chi connectivity index (χ1) is 12.1. The number of aryl methyl sites for hydroxylation is 1. The number of ether oxygens (including phenoxy) is 1. The number of thiazole rings is 1. The number of rotatable bonds is 3. The molecule has 0 radical (unpaired) electrons. The van der Waals surface area contributed by atoms with Crippen LogP contribution in [0, 0.1) is 6.92 Å². The molecular weight excluding hydrogens is 336 g/mol. The standard InChI is InChI=1S/C18H24N4O2S/c1-14-20-16(12-25-14)11-21-8-9-24-18(13-21)3-6-22(7-4-18)17(23)15-2-5-19-10-15/h2,5,10,12,19H,3-4,6-9,11,13H2,1H3. The second-order valence-corrected chi connectivity index (χ2v) is 8.05. The summed E-state index contributed by atoms with van der Waals surface area (Å²) in [5.74, 6) is 0.113. The number of carbonyl (C=O) groups excluding carboxylic acids is 1. The van der Waals surface area contributed by atoms with Crippen LogP contribution in [0.4, 0.5) is 0 Å². The van der Waals surface area contributed by atoms with Crippen molar-refractivity contribution in [2.45, 2.75) is 31.9 Å². The molecule has 134 valence electrons. The first-order valence-electron chi connectivity index (χ1n) is 8.83. The van der Waals surface area contributed by atoms with Gasteiger partial charge in [-0.2, -0.15) is 0 Å². The van der Waals surface area contributed by atoms with Crippen molar-refractivity contribution >= 4 is 17.2 Å². The molecule has 6 nitrogen and oxygen atoms in total. The van der Waals surface area contributed by atoms with Gasteiger partial charge in [0.25, 0.3) is 5.91 Å². The number of aromatic nitrogens is 2. The Balaban J connectivity index is 1.36. The van der Waals surface area contributed by atoms with Gasteiger partial charge in [0.1, 0.15) is 0 Å². The van der Waals surface area contributed by atoms with Crippen LogP contribution in [0.2, 0.25) is 0 Å². The maximum absolute atomic E-state index is 12.5. The number of nitrogens with zero attached hydrogens (tertiary/aromatic N) is 3. The summed E-state index contributed by atoms with van der Waals surface area (Å²) in [6.07, 6.45) is 5.36. The van der Waals surface area contributed by atoms with Gasteiger partial charge in [0.05, 0.1) is 28.5 Å². The van der Waals surface area contributed by atoms with Gasteiger partial charge >= 0.3 is 0 Å². The van der Waals surface area contributed by atoms with Gasteiger partial charge in [-0.05, 0) is 25.8 Å². The van der Waals surface area contributed by atoms with Gasteiger partial charge in [-0.1, -0.05) is 0 Å². The van der Waals surface area contributed by atoms with E-state index in [0.29, 0.717) is 0 Å². The lowest BCUT2D eigenvalue weighted by atomic mass is 9.89. The summed E-state index contributed by atoms with van der Waals surface area (Å²) < 4.78 is 6.19. The Morgan fingerprint density at radius 2 is 2.24 bits per heavy atom. The molecule has 7 heteroatoms. The molecule has 25 heavy (non-hydrogen) atoms. The lowest BCUT2D eigenvalue weighted by Crippen LogP contribution is -2.57. The van der Waals surface area contributed by atoms with Crippen molar-refractivity contribution in [1.82, 2.24) is 19.8 Å². The molecule has 0 bridgehead atoms. The first kappa shape index (κ1) is 16.8. The van der Waals surface area contributed by atoms with Gasteiger partial charge < -0.3 is 14.6 Å². The van der Waals surface area contributed by atoms with Crippen molar-refractivity contribution in [2.24, 2.45) is 0 Å². The van der Waals surface area contributed by atoms with E-state index in [1.807, 2.05) is 17.9 Å². The number of hydrogen-bond donors (Lipinski definition) is 1. The Kier molecular flexibility index (Phi) is 4.62. The Bertz CT molecular complexity index is 719. The normalized spacial score (nSPS) is 20.9. The third-order valence-corrected chi connectivity index (χ3v) is 6.01. The molecule has 0 unspecified atom stereocenters. The van der Waals surface area contributed by atoms with Crippen LogP contribution < -0.4 is 0 Å². The average molecular weight is 360 g/mol. The lowest BCUT2D eigenvalue weighted by molar-refractivity contribution is -0.134. The van der Waals surface area contributed by atoms with Gasteiger partial charge in [0.2, 0.25) is 0 Å². The number of carbonyl (C=O) groups is 1. The molecule has 1 amide bonds. The Morgan fingerprint density at radius 1 is 1.40 bits per heavy atom. The van der Waals surface area contributed by atoms with Crippen LogP contribution in [0.3, 0.4) is 0 Å². The number of amides is 1. The van der Waals surface area contributed by atoms with E-state index >= 15 is 0 Å². The summed E-state index contributed by atoms with van der Waals surface area (Å²) in [7, 11) is 0.